The van der Waals surface area contributed by atoms with Crippen molar-refractivity contribution in [1.29, 1.82) is 0 Å². The van der Waals surface area contributed by atoms with E-state index in [2.05, 4.69) is 0 Å². The van der Waals surface area contributed by atoms with Gasteiger partial charge in [-0.05, 0) is 40.8 Å². The minimum atomic E-state index is -3.99. The number of aliphatic hydroxyl groups is 1. The lowest BCUT2D eigenvalue weighted by Crippen LogP contribution is -2.30. The standard InChI is InChI=1S/C24H22N2O6S/c27-23-15-26(33(30,31)25-23)21-11-10-18(12-19-8-4-5-9-20(19)14-24(28)29)13-22(21)32-16-17-6-2-1-3-7-17/h1-11,13,15,25,27H,12,14,16H2,(H,28,29). The van der Waals surface area contributed by atoms with Crippen LogP contribution in [0.5, 0.6) is 5.75 Å². The fourth-order valence-corrected chi connectivity index (χ4v) is 4.64. The monoisotopic (exact) mass is 466 g/mol. The summed E-state index contributed by atoms with van der Waals surface area (Å²) in [5.74, 6) is -1.10. The number of aliphatic carboxylic acids is 1. The van der Waals surface area contributed by atoms with Crippen LogP contribution in [0.2, 0.25) is 0 Å². The smallest absolute Gasteiger partial charge is 0.330 e. The van der Waals surface area contributed by atoms with Crippen molar-refractivity contribution in [2.24, 2.45) is 0 Å². The van der Waals surface area contributed by atoms with Crippen LogP contribution in [0.4, 0.5) is 5.69 Å². The summed E-state index contributed by atoms with van der Waals surface area (Å²) >= 11 is 0. The average molecular weight is 467 g/mol. The molecule has 1 aliphatic heterocycles. The van der Waals surface area contributed by atoms with Crippen molar-refractivity contribution in [1.82, 2.24) is 4.72 Å². The summed E-state index contributed by atoms with van der Waals surface area (Å²) in [6.45, 7) is 0.212. The Balaban J connectivity index is 1.68. The highest BCUT2D eigenvalue weighted by molar-refractivity contribution is 7.91. The van der Waals surface area contributed by atoms with Crippen LogP contribution in [-0.2, 0) is 34.5 Å². The molecule has 1 heterocycles. The highest BCUT2D eigenvalue weighted by Crippen LogP contribution is 2.35. The average Bonchev–Trinajstić information content (AvgIpc) is 3.06. The molecule has 0 aromatic heterocycles. The van der Waals surface area contributed by atoms with Gasteiger partial charge in [-0.3, -0.25) is 4.79 Å². The molecule has 1 aliphatic rings. The van der Waals surface area contributed by atoms with Gasteiger partial charge in [0.2, 0.25) is 5.88 Å². The highest BCUT2D eigenvalue weighted by Gasteiger charge is 2.31. The summed E-state index contributed by atoms with van der Waals surface area (Å²) in [7, 11) is -3.99. The van der Waals surface area contributed by atoms with E-state index in [9.17, 15) is 23.4 Å². The van der Waals surface area contributed by atoms with Crippen LogP contribution < -0.4 is 13.8 Å². The molecule has 0 amide bonds. The molecule has 0 radical (unpaired) electrons. The van der Waals surface area contributed by atoms with Gasteiger partial charge in [0.15, 0.2) is 0 Å². The number of nitrogens with zero attached hydrogens (tertiary/aromatic N) is 1. The lowest BCUT2D eigenvalue weighted by atomic mass is 9.97. The van der Waals surface area contributed by atoms with E-state index in [1.165, 1.54) is 0 Å². The van der Waals surface area contributed by atoms with Crippen molar-refractivity contribution in [3.63, 3.8) is 0 Å². The van der Waals surface area contributed by atoms with Crippen molar-refractivity contribution in [2.75, 3.05) is 4.31 Å². The molecule has 3 N–H and O–H groups in total. The van der Waals surface area contributed by atoms with E-state index in [4.69, 9.17) is 4.74 Å². The molecule has 0 unspecified atom stereocenters. The minimum Gasteiger partial charge on any atom is -0.493 e. The van der Waals surface area contributed by atoms with E-state index in [0.717, 1.165) is 27.2 Å². The topological polar surface area (TPSA) is 116 Å². The minimum absolute atomic E-state index is 0.0899. The van der Waals surface area contributed by atoms with E-state index >= 15 is 0 Å². The van der Waals surface area contributed by atoms with E-state index < -0.39 is 22.1 Å². The lowest BCUT2D eigenvalue weighted by Gasteiger charge is -2.19. The summed E-state index contributed by atoms with van der Waals surface area (Å²) in [4.78, 5) is 11.2. The summed E-state index contributed by atoms with van der Waals surface area (Å²) in [6.07, 6.45) is 1.42. The summed E-state index contributed by atoms with van der Waals surface area (Å²) in [5.41, 5.74) is 3.53. The van der Waals surface area contributed by atoms with Crippen LogP contribution in [0.15, 0.2) is 84.9 Å². The maximum atomic E-state index is 12.4. The Morgan fingerprint density at radius 1 is 0.939 bits per heavy atom. The van der Waals surface area contributed by atoms with Gasteiger partial charge in [0.1, 0.15) is 18.0 Å². The first-order chi connectivity index (χ1) is 15.8. The molecule has 0 saturated heterocycles. The van der Waals surface area contributed by atoms with Crippen LogP contribution in [0, 0.1) is 0 Å². The molecule has 33 heavy (non-hydrogen) atoms. The Morgan fingerprint density at radius 3 is 2.30 bits per heavy atom. The quantitative estimate of drug-likeness (QED) is 0.468. The molecular formula is C24H22N2O6S. The predicted octanol–water partition coefficient (Wildman–Crippen LogP) is 3.49. The molecule has 4 rings (SSSR count). The van der Waals surface area contributed by atoms with Gasteiger partial charge in [0, 0.05) is 0 Å². The number of aliphatic hydroxyl groups excluding tert-OH is 1. The number of rotatable bonds is 8. The fourth-order valence-electron chi connectivity index (χ4n) is 3.57. The molecule has 0 fully saturated rings. The molecule has 0 bridgehead atoms. The molecule has 0 aliphatic carbocycles. The van der Waals surface area contributed by atoms with Gasteiger partial charge < -0.3 is 14.9 Å². The second-order valence-corrected chi connectivity index (χ2v) is 9.06. The van der Waals surface area contributed by atoms with E-state index in [0.29, 0.717) is 17.7 Å². The number of carbonyl (C=O) groups is 1. The third-order valence-electron chi connectivity index (χ3n) is 5.09. The maximum Gasteiger partial charge on any atom is 0.330 e. The van der Waals surface area contributed by atoms with Crippen LogP contribution in [0.3, 0.4) is 0 Å². The first-order valence-corrected chi connectivity index (χ1v) is 11.6. The van der Waals surface area contributed by atoms with Crippen molar-refractivity contribution in [2.45, 2.75) is 19.4 Å². The van der Waals surface area contributed by atoms with Gasteiger partial charge >= 0.3 is 16.2 Å². The molecule has 3 aromatic carbocycles. The maximum absolute atomic E-state index is 12.4. The molecule has 9 heteroatoms. The van der Waals surface area contributed by atoms with E-state index in [1.807, 2.05) is 47.2 Å². The van der Waals surface area contributed by atoms with Gasteiger partial charge in [0.05, 0.1) is 12.6 Å². The predicted molar refractivity (Wildman–Crippen MR) is 123 cm³/mol. The largest absolute Gasteiger partial charge is 0.493 e. The number of hydrogen-bond donors (Lipinski definition) is 3. The van der Waals surface area contributed by atoms with Crippen molar-refractivity contribution < 1.29 is 28.2 Å². The Labute approximate surface area is 191 Å². The van der Waals surface area contributed by atoms with Gasteiger partial charge in [-0.2, -0.15) is 8.42 Å². The summed E-state index contributed by atoms with van der Waals surface area (Å²) in [5, 5.41) is 18.9. The Hall–Kier alpha value is -3.98. The molecule has 8 nitrogen and oxygen atoms in total. The third-order valence-corrected chi connectivity index (χ3v) is 6.37. The zero-order valence-electron chi connectivity index (χ0n) is 17.5. The Kier molecular flexibility index (Phi) is 6.23. The van der Waals surface area contributed by atoms with Crippen LogP contribution >= 0.6 is 0 Å². The number of nitrogens with one attached hydrogen (secondary N) is 1. The zero-order valence-corrected chi connectivity index (χ0v) is 18.3. The number of anilines is 1. The van der Waals surface area contributed by atoms with Crippen molar-refractivity contribution in [3.05, 3.63) is 107 Å². The van der Waals surface area contributed by atoms with Crippen LogP contribution in [0.25, 0.3) is 0 Å². The van der Waals surface area contributed by atoms with Gasteiger partial charge in [0.25, 0.3) is 0 Å². The Bertz CT molecular complexity index is 1310. The molecular weight excluding hydrogens is 444 g/mol. The second-order valence-electron chi connectivity index (χ2n) is 7.51. The number of ether oxygens (including phenoxy) is 1. The molecule has 0 saturated carbocycles. The highest BCUT2D eigenvalue weighted by atomic mass is 32.2. The summed E-state index contributed by atoms with van der Waals surface area (Å²) in [6, 6.07) is 21.8. The second kappa shape index (κ2) is 9.25. The van der Waals surface area contributed by atoms with Gasteiger partial charge in [-0.25, -0.2) is 9.03 Å². The molecule has 0 atom stereocenters. The van der Waals surface area contributed by atoms with Gasteiger partial charge in [-0.15, -0.1) is 0 Å². The van der Waals surface area contributed by atoms with Crippen molar-refractivity contribution >= 4 is 21.9 Å². The third kappa shape index (κ3) is 5.27. The van der Waals surface area contributed by atoms with Crippen molar-refractivity contribution in [3.8, 4) is 5.75 Å². The molecule has 170 valence electrons. The number of hydrogen-bond acceptors (Lipinski definition) is 5. The molecule has 0 spiro atoms. The first-order valence-electron chi connectivity index (χ1n) is 10.1. The normalized spacial score (nSPS) is 14.4. The van der Waals surface area contributed by atoms with E-state index in [-0.39, 0.29) is 18.7 Å². The first kappa shape index (κ1) is 22.2. The number of carboxylic acids is 1. The fraction of sp³-hybridized carbons (Fsp3) is 0.125. The summed E-state index contributed by atoms with van der Waals surface area (Å²) < 4.78 is 33.8. The van der Waals surface area contributed by atoms with Crippen LogP contribution in [-0.4, -0.2) is 24.6 Å². The number of carboxylic acid groups (broad SMARTS) is 1. The number of benzene rings is 3. The van der Waals surface area contributed by atoms with E-state index in [1.54, 1.807) is 30.3 Å². The molecule has 3 aromatic rings. The Morgan fingerprint density at radius 2 is 1.64 bits per heavy atom. The zero-order chi connectivity index (χ0) is 23.4. The SMILES string of the molecule is O=C(O)Cc1ccccc1Cc1ccc(N2C=C(O)NS2(=O)=O)c(OCc2ccccc2)c1. The van der Waals surface area contributed by atoms with Crippen LogP contribution in [0.1, 0.15) is 22.3 Å². The van der Waals surface area contributed by atoms with Gasteiger partial charge in [-0.1, -0.05) is 60.7 Å². The lowest BCUT2D eigenvalue weighted by molar-refractivity contribution is -0.136.